The van der Waals surface area contributed by atoms with Crippen molar-refractivity contribution in [2.75, 3.05) is 7.11 Å². The number of halogens is 1. The van der Waals surface area contributed by atoms with Crippen LogP contribution in [-0.4, -0.2) is 23.0 Å². The van der Waals surface area contributed by atoms with Crippen molar-refractivity contribution in [2.45, 2.75) is 13.3 Å². The number of hydrogen-bond acceptors (Lipinski definition) is 3. The van der Waals surface area contributed by atoms with Crippen molar-refractivity contribution in [1.29, 1.82) is 0 Å². The highest BCUT2D eigenvalue weighted by Crippen LogP contribution is 2.20. The third-order valence-corrected chi connectivity index (χ3v) is 2.38. The maximum Gasteiger partial charge on any atom is 0.340 e. The molecule has 84 valence electrons. The second kappa shape index (κ2) is 3.92. The Bertz CT molecular complexity index is 548. The molecule has 1 N–H and O–H groups in total. The molecule has 0 bridgehead atoms. The zero-order valence-corrected chi connectivity index (χ0v) is 9.00. The summed E-state index contributed by atoms with van der Waals surface area (Å²) in [4.78, 5) is 18.4. The molecule has 2 rings (SSSR count). The molecule has 0 aliphatic rings. The van der Waals surface area contributed by atoms with Gasteiger partial charge in [0.05, 0.1) is 18.2 Å². The lowest BCUT2D eigenvalue weighted by molar-refractivity contribution is 0.0603. The zero-order chi connectivity index (χ0) is 11.7. The molecule has 16 heavy (non-hydrogen) atoms. The second-order valence-electron chi connectivity index (χ2n) is 3.35. The van der Waals surface area contributed by atoms with E-state index in [2.05, 4.69) is 14.7 Å². The lowest BCUT2D eigenvalue weighted by Gasteiger charge is -2.00. The van der Waals surface area contributed by atoms with Gasteiger partial charge in [0.25, 0.3) is 0 Å². The first-order chi connectivity index (χ1) is 7.67. The summed E-state index contributed by atoms with van der Waals surface area (Å²) >= 11 is 0. The van der Waals surface area contributed by atoms with Gasteiger partial charge in [-0.3, -0.25) is 0 Å². The first-order valence-electron chi connectivity index (χ1n) is 4.92. The fraction of sp³-hybridized carbons (Fsp3) is 0.273. The lowest BCUT2D eigenvalue weighted by Crippen LogP contribution is -2.02. The molecule has 0 aliphatic heterocycles. The number of hydrogen-bond donors (Lipinski definition) is 1. The summed E-state index contributed by atoms with van der Waals surface area (Å²) in [7, 11) is 1.29. The van der Waals surface area contributed by atoms with Crippen LogP contribution >= 0.6 is 0 Å². The van der Waals surface area contributed by atoms with E-state index in [4.69, 9.17) is 0 Å². The van der Waals surface area contributed by atoms with Crippen molar-refractivity contribution in [3.63, 3.8) is 0 Å². The number of rotatable bonds is 2. The van der Waals surface area contributed by atoms with E-state index in [-0.39, 0.29) is 5.52 Å². The Kier molecular flexibility index (Phi) is 2.60. The van der Waals surface area contributed by atoms with Crippen LogP contribution in [0.4, 0.5) is 4.39 Å². The smallest absolute Gasteiger partial charge is 0.340 e. The molecule has 2 aromatic rings. The summed E-state index contributed by atoms with van der Waals surface area (Å²) in [6, 6.07) is 2.61. The van der Waals surface area contributed by atoms with E-state index in [1.54, 1.807) is 0 Å². The van der Waals surface area contributed by atoms with Gasteiger partial charge in [-0.1, -0.05) is 6.92 Å². The van der Waals surface area contributed by atoms with E-state index < -0.39 is 11.8 Å². The molecule has 0 saturated heterocycles. The number of carbonyl (C=O) groups excluding carboxylic acids is 1. The van der Waals surface area contributed by atoms with Crippen molar-refractivity contribution in [3.05, 3.63) is 29.3 Å². The molecule has 1 aromatic heterocycles. The van der Waals surface area contributed by atoms with Gasteiger partial charge in [0.1, 0.15) is 11.3 Å². The summed E-state index contributed by atoms with van der Waals surface area (Å²) in [5, 5.41) is 0. The SMILES string of the molecule is CCc1nc2c(F)ccc(C(=O)OC)c2[nH]1. The van der Waals surface area contributed by atoms with Gasteiger partial charge < -0.3 is 9.72 Å². The molecule has 0 spiro atoms. The van der Waals surface area contributed by atoms with Crippen LogP contribution in [-0.2, 0) is 11.2 Å². The Morgan fingerprint density at radius 1 is 1.56 bits per heavy atom. The standard InChI is InChI=1S/C11H11FN2O2/c1-3-8-13-9-6(11(15)16-2)4-5-7(12)10(9)14-8/h4-5H,3H2,1-2H3,(H,13,14). The number of aromatic amines is 1. The Hall–Kier alpha value is -1.91. The van der Waals surface area contributed by atoms with Gasteiger partial charge in [-0.2, -0.15) is 0 Å². The van der Waals surface area contributed by atoms with Crippen molar-refractivity contribution in [2.24, 2.45) is 0 Å². The van der Waals surface area contributed by atoms with E-state index in [0.29, 0.717) is 23.3 Å². The lowest BCUT2D eigenvalue weighted by atomic mass is 10.2. The quantitative estimate of drug-likeness (QED) is 0.791. The minimum atomic E-state index is -0.503. The van der Waals surface area contributed by atoms with Crippen LogP contribution in [0, 0.1) is 5.82 Å². The van der Waals surface area contributed by atoms with Crippen LogP contribution in [0.2, 0.25) is 0 Å². The van der Waals surface area contributed by atoms with Crippen LogP contribution in [0.25, 0.3) is 11.0 Å². The summed E-state index contributed by atoms with van der Waals surface area (Å²) in [5.41, 5.74) is 0.870. The minimum absolute atomic E-state index is 0.180. The fourth-order valence-corrected chi connectivity index (χ4v) is 1.56. The van der Waals surface area contributed by atoms with Gasteiger partial charge in [0.2, 0.25) is 0 Å². The Morgan fingerprint density at radius 2 is 2.31 bits per heavy atom. The number of nitrogens with one attached hydrogen (secondary N) is 1. The summed E-state index contributed by atoms with van der Waals surface area (Å²) in [6.07, 6.45) is 0.648. The topological polar surface area (TPSA) is 55.0 Å². The highest BCUT2D eigenvalue weighted by molar-refractivity contribution is 6.02. The second-order valence-corrected chi connectivity index (χ2v) is 3.35. The van der Waals surface area contributed by atoms with E-state index in [0.717, 1.165) is 0 Å². The predicted molar refractivity (Wildman–Crippen MR) is 56.8 cm³/mol. The molecule has 0 atom stereocenters. The first-order valence-corrected chi connectivity index (χ1v) is 4.92. The number of fused-ring (bicyclic) bond motifs is 1. The maximum absolute atomic E-state index is 13.4. The van der Waals surface area contributed by atoms with Crippen LogP contribution in [0.3, 0.4) is 0 Å². The van der Waals surface area contributed by atoms with E-state index in [9.17, 15) is 9.18 Å². The van der Waals surface area contributed by atoms with Crippen LogP contribution in [0.15, 0.2) is 12.1 Å². The van der Waals surface area contributed by atoms with Crippen LogP contribution < -0.4 is 0 Å². The Morgan fingerprint density at radius 3 is 2.94 bits per heavy atom. The number of aryl methyl sites for hydroxylation is 1. The molecule has 0 amide bonds. The number of esters is 1. The zero-order valence-electron chi connectivity index (χ0n) is 9.00. The van der Waals surface area contributed by atoms with Crippen LogP contribution in [0.5, 0.6) is 0 Å². The maximum atomic E-state index is 13.4. The van der Waals surface area contributed by atoms with Crippen molar-refractivity contribution < 1.29 is 13.9 Å². The Balaban J connectivity index is 2.72. The highest BCUT2D eigenvalue weighted by atomic mass is 19.1. The number of H-pyrrole nitrogens is 1. The number of nitrogens with zero attached hydrogens (tertiary/aromatic N) is 1. The molecule has 0 fully saturated rings. The van der Waals surface area contributed by atoms with Crippen LogP contribution in [0.1, 0.15) is 23.1 Å². The van der Waals surface area contributed by atoms with Gasteiger partial charge >= 0.3 is 5.97 Å². The van der Waals surface area contributed by atoms with Crippen molar-refractivity contribution >= 4 is 17.0 Å². The average Bonchev–Trinajstić information content (AvgIpc) is 2.73. The molecular formula is C11H11FN2O2. The van der Waals surface area contributed by atoms with Gasteiger partial charge in [0, 0.05) is 6.42 Å². The van der Waals surface area contributed by atoms with Gasteiger partial charge in [-0.25, -0.2) is 14.2 Å². The monoisotopic (exact) mass is 222 g/mol. The first kappa shape index (κ1) is 10.6. The van der Waals surface area contributed by atoms with Crippen molar-refractivity contribution in [1.82, 2.24) is 9.97 Å². The molecule has 0 unspecified atom stereocenters. The molecule has 1 aromatic carbocycles. The van der Waals surface area contributed by atoms with Gasteiger partial charge in [0.15, 0.2) is 5.82 Å². The molecule has 0 saturated carbocycles. The third-order valence-electron chi connectivity index (χ3n) is 2.38. The highest BCUT2D eigenvalue weighted by Gasteiger charge is 2.16. The minimum Gasteiger partial charge on any atom is -0.465 e. The van der Waals surface area contributed by atoms with Gasteiger partial charge in [-0.15, -0.1) is 0 Å². The van der Waals surface area contributed by atoms with Crippen molar-refractivity contribution in [3.8, 4) is 0 Å². The number of aromatic nitrogens is 2. The third kappa shape index (κ3) is 1.54. The number of imidazole rings is 1. The summed E-state index contributed by atoms with van der Waals surface area (Å²) in [5.74, 6) is -0.305. The number of benzene rings is 1. The molecule has 0 aliphatic carbocycles. The van der Waals surface area contributed by atoms with E-state index in [1.807, 2.05) is 6.92 Å². The predicted octanol–water partition coefficient (Wildman–Crippen LogP) is 2.05. The average molecular weight is 222 g/mol. The Labute approximate surface area is 91.4 Å². The molecular weight excluding hydrogens is 211 g/mol. The number of carbonyl (C=O) groups is 1. The van der Waals surface area contributed by atoms with E-state index >= 15 is 0 Å². The normalized spacial score (nSPS) is 10.7. The number of methoxy groups -OCH3 is 1. The molecule has 1 heterocycles. The summed E-state index contributed by atoms with van der Waals surface area (Å²) in [6.45, 7) is 1.90. The summed E-state index contributed by atoms with van der Waals surface area (Å²) < 4.78 is 18.1. The van der Waals surface area contributed by atoms with Gasteiger partial charge in [-0.05, 0) is 12.1 Å². The molecule has 0 radical (unpaired) electrons. The fourth-order valence-electron chi connectivity index (χ4n) is 1.56. The molecule has 4 nitrogen and oxygen atoms in total. The van der Waals surface area contributed by atoms with E-state index in [1.165, 1.54) is 19.2 Å². The molecule has 5 heteroatoms. The largest absolute Gasteiger partial charge is 0.465 e. The number of ether oxygens (including phenoxy) is 1.